The second-order valence-electron chi connectivity index (χ2n) is 5.94. The van der Waals surface area contributed by atoms with E-state index in [4.69, 9.17) is 14.2 Å². The molecular weight excluding hydrogens is 368 g/mol. The van der Waals surface area contributed by atoms with Gasteiger partial charge in [-0.3, -0.25) is 9.59 Å². The van der Waals surface area contributed by atoms with Gasteiger partial charge in [0, 0.05) is 18.7 Å². The molecule has 9 heteroatoms. The van der Waals surface area contributed by atoms with Crippen LogP contribution in [-0.4, -0.2) is 56.2 Å². The van der Waals surface area contributed by atoms with Gasteiger partial charge in [-0.15, -0.1) is 0 Å². The second-order valence-corrected chi connectivity index (χ2v) is 5.94. The molecule has 2 rings (SSSR count). The lowest BCUT2D eigenvalue weighted by Crippen LogP contribution is -2.49. The fourth-order valence-corrected chi connectivity index (χ4v) is 2.66. The molecule has 1 aliphatic heterocycles. The highest BCUT2D eigenvalue weighted by Gasteiger charge is 2.31. The van der Waals surface area contributed by atoms with Crippen LogP contribution >= 0.6 is 0 Å². The van der Waals surface area contributed by atoms with Gasteiger partial charge in [0.15, 0.2) is 6.61 Å². The number of hydrogen-bond acceptors (Lipinski definition) is 7. The average Bonchev–Trinajstić information content (AvgIpc) is 3.11. The SMILES string of the molecule is CCOC(=O)C(NC(=O)COc1ccc(N2CCCC2=O)cc1)C(=O)OCC. The van der Waals surface area contributed by atoms with E-state index in [9.17, 15) is 19.2 Å². The molecule has 0 radical (unpaired) electrons. The molecular formula is C19H24N2O7. The van der Waals surface area contributed by atoms with Gasteiger partial charge in [-0.25, -0.2) is 9.59 Å². The highest BCUT2D eigenvalue weighted by atomic mass is 16.6. The van der Waals surface area contributed by atoms with Gasteiger partial charge in [0.05, 0.1) is 13.2 Å². The van der Waals surface area contributed by atoms with Crippen molar-refractivity contribution in [2.24, 2.45) is 0 Å². The summed E-state index contributed by atoms with van der Waals surface area (Å²) in [4.78, 5) is 49.2. The molecule has 0 atom stereocenters. The lowest BCUT2D eigenvalue weighted by atomic mass is 10.3. The number of carbonyl (C=O) groups excluding carboxylic acids is 4. The van der Waals surface area contributed by atoms with Crippen LogP contribution in [0.15, 0.2) is 24.3 Å². The molecule has 0 spiro atoms. The summed E-state index contributed by atoms with van der Waals surface area (Å²) in [7, 11) is 0. The monoisotopic (exact) mass is 392 g/mol. The van der Waals surface area contributed by atoms with Crippen LogP contribution < -0.4 is 15.0 Å². The van der Waals surface area contributed by atoms with Gasteiger partial charge in [-0.2, -0.15) is 0 Å². The van der Waals surface area contributed by atoms with E-state index in [-0.39, 0.29) is 19.1 Å². The normalized spacial score (nSPS) is 13.4. The number of benzene rings is 1. The smallest absolute Gasteiger partial charge is 0.340 e. The number of carbonyl (C=O) groups is 4. The molecule has 9 nitrogen and oxygen atoms in total. The molecule has 0 unspecified atom stereocenters. The Kier molecular flexibility index (Phi) is 7.79. The lowest BCUT2D eigenvalue weighted by molar-refractivity contribution is -0.159. The van der Waals surface area contributed by atoms with Gasteiger partial charge >= 0.3 is 11.9 Å². The number of nitrogens with one attached hydrogen (secondary N) is 1. The number of amides is 2. The number of rotatable bonds is 9. The third-order valence-corrected chi connectivity index (χ3v) is 3.94. The van der Waals surface area contributed by atoms with Crippen molar-refractivity contribution in [1.82, 2.24) is 5.32 Å². The maximum atomic E-state index is 12.1. The molecule has 1 aromatic carbocycles. The van der Waals surface area contributed by atoms with Crippen LogP contribution in [0.4, 0.5) is 5.69 Å². The fraction of sp³-hybridized carbons (Fsp3) is 0.474. The number of ether oxygens (including phenoxy) is 3. The molecule has 1 N–H and O–H groups in total. The third kappa shape index (κ3) is 5.70. The molecule has 1 aromatic rings. The van der Waals surface area contributed by atoms with Crippen molar-refractivity contribution in [1.29, 1.82) is 0 Å². The van der Waals surface area contributed by atoms with Gasteiger partial charge in [0.2, 0.25) is 11.9 Å². The van der Waals surface area contributed by atoms with Crippen LogP contribution in [0.2, 0.25) is 0 Å². The van der Waals surface area contributed by atoms with E-state index in [1.54, 1.807) is 43.0 Å². The molecule has 1 heterocycles. The Labute approximate surface area is 162 Å². The minimum absolute atomic E-state index is 0.0625. The molecule has 1 saturated heterocycles. The van der Waals surface area contributed by atoms with Crippen LogP contribution in [0.3, 0.4) is 0 Å². The molecule has 0 aliphatic carbocycles. The first-order valence-electron chi connectivity index (χ1n) is 9.12. The third-order valence-electron chi connectivity index (χ3n) is 3.94. The summed E-state index contributed by atoms with van der Waals surface area (Å²) >= 11 is 0. The summed E-state index contributed by atoms with van der Waals surface area (Å²) in [5.74, 6) is -1.97. The lowest BCUT2D eigenvalue weighted by Gasteiger charge is -2.17. The molecule has 1 fully saturated rings. The Morgan fingerprint density at radius 1 is 1.07 bits per heavy atom. The van der Waals surface area contributed by atoms with Crippen molar-refractivity contribution >= 4 is 29.4 Å². The van der Waals surface area contributed by atoms with Crippen LogP contribution in [0.5, 0.6) is 5.75 Å². The molecule has 0 bridgehead atoms. The topological polar surface area (TPSA) is 111 Å². The Hall–Kier alpha value is -3.10. The van der Waals surface area contributed by atoms with Crippen LogP contribution in [-0.2, 0) is 28.7 Å². The van der Waals surface area contributed by atoms with E-state index in [0.29, 0.717) is 18.7 Å². The molecule has 28 heavy (non-hydrogen) atoms. The number of nitrogens with zero attached hydrogens (tertiary/aromatic N) is 1. The van der Waals surface area contributed by atoms with Gasteiger partial charge in [0.25, 0.3) is 5.91 Å². The van der Waals surface area contributed by atoms with Crippen molar-refractivity contribution in [3.63, 3.8) is 0 Å². The maximum Gasteiger partial charge on any atom is 0.340 e. The standard InChI is InChI=1S/C19H24N2O7/c1-3-26-18(24)17(19(25)27-4-2)20-15(22)12-28-14-9-7-13(8-10-14)21-11-5-6-16(21)23/h7-10,17H,3-6,11-12H2,1-2H3,(H,20,22). The summed E-state index contributed by atoms with van der Waals surface area (Å²) in [5.41, 5.74) is 0.768. The second kappa shape index (κ2) is 10.3. The minimum atomic E-state index is -1.54. The average molecular weight is 392 g/mol. The molecule has 0 aromatic heterocycles. The molecule has 1 aliphatic rings. The van der Waals surface area contributed by atoms with E-state index in [1.807, 2.05) is 0 Å². The number of anilines is 1. The van der Waals surface area contributed by atoms with Crippen molar-refractivity contribution < 1.29 is 33.4 Å². The number of esters is 2. The quantitative estimate of drug-likeness (QED) is 0.489. The summed E-state index contributed by atoms with van der Waals surface area (Å²) in [5, 5.41) is 2.25. The van der Waals surface area contributed by atoms with Crippen molar-refractivity contribution in [2.45, 2.75) is 32.7 Å². The zero-order valence-electron chi connectivity index (χ0n) is 15.9. The zero-order valence-corrected chi connectivity index (χ0v) is 15.9. The zero-order chi connectivity index (χ0) is 20.5. The van der Waals surface area contributed by atoms with Crippen molar-refractivity contribution in [2.75, 3.05) is 31.3 Å². The summed E-state index contributed by atoms with van der Waals surface area (Å²) < 4.78 is 14.9. The Bertz CT molecular complexity index is 699. The van der Waals surface area contributed by atoms with Gasteiger partial charge in [0.1, 0.15) is 5.75 Å². The van der Waals surface area contributed by atoms with Gasteiger partial charge < -0.3 is 24.4 Å². The highest BCUT2D eigenvalue weighted by molar-refractivity contribution is 6.02. The van der Waals surface area contributed by atoms with Gasteiger partial charge in [-0.05, 0) is 44.5 Å². The number of hydrogen-bond donors (Lipinski definition) is 1. The Morgan fingerprint density at radius 3 is 2.18 bits per heavy atom. The van der Waals surface area contributed by atoms with Crippen LogP contribution in [0.25, 0.3) is 0 Å². The maximum absolute atomic E-state index is 12.1. The molecule has 0 saturated carbocycles. The first kappa shape index (κ1) is 21.2. The molecule has 2 amide bonds. The van der Waals surface area contributed by atoms with E-state index in [2.05, 4.69) is 5.32 Å². The summed E-state index contributed by atoms with van der Waals surface area (Å²) in [6.45, 7) is 3.58. The van der Waals surface area contributed by atoms with Crippen molar-refractivity contribution in [3.8, 4) is 5.75 Å². The van der Waals surface area contributed by atoms with Gasteiger partial charge in [-0.1, -0.05) is 0 Å². The fourth-order valence-electron chi connectivity index (χ4n) is 2.66. The predicted octanol–water partition coefficient (Wildman–Crippen LogP) is 0.803. The molecule has 152 valence electrons. The van der Waals surface area contributed by atoms with E-state index >= 15 is 0 Å². The Morgan fingerprint density at radius 2 is 1.68 bits per heavy atom. The summed E-state index contributed by atoms with van der Waals surface area (Å²) in [6, 6.07) is 5.21. The van der Waals surface area contributed by atoms with E-state index in [1.165, 1.54) is 0 Å². The largest absolute Gasteiger partial charge is 0.484 e. The van der Waals surface area contributed by atoms with E-state index in [0.717, 1.165) is 12.1 Å². The van der Waals surface area contributed by atoms with E-state index < -0.39 is 30.5 Å². The van der Waals surface area contributed by atoms with Crippen LogP contribution in [0.1, 0.15) is 26.7 Å². The van der Waals surface area contributed by atoms with Crippen LogP contribution in [0, 0.1) is 0 Å². The first-order valence-corrected chi connectivity index (χ1v) is 9.12. The highest BCUT2D eigenvalue weighted by Crippen LogP contribution is 2.23. The Balaban J connectivity index is 1.89. The first-order chi connectivity index (χ1) is 13.5. The van der Waals surface area contributed by atoms with Crippen molar-refractivity contribution in [3.05, 3.63) is 24.3 Å². The minimum Gasteiger partial charge on any atom is -0.484 e. The summed E-state index contributed by atoms with van der Waals surface area (Å²) in [6.07, 6.45) is 1.37. The predicted molar refractivity (Wildman–Crippen MR) is 98.7 cm³/mol.